The molecule has 0 saturated heterocycles. The van der Waals surface area contributed by atoms with Gasteiger partial charge in [0.25, 0.3) is 0 Å². The molecule has 1 heterocycles. The van der Waals surface area contributed by atoms with Crippen LogP contribution >= 0.6 is 0 Å². The van der Waals surface area contributed by atoms with E-state index in [9.17, 15) is 9.18 Å². The maximum Gasteiger partial charge on any atom is 0.225 e. The minimum Gasteiger partial charge on any atom is -0.324 e. The molecule has 0 fully saturated rings. The summed E-state index contributed by atoms with van der Waals surface area (Å²) >= 11 is 0. The molecule has 3 rings (SSSR count). The van der Waals surface area contributed by atoms with Gasteiger partial charge in [-0.2, -0.15) is 5.10 Å². The number of halogens is 1. The van der Waals surface area contributed by atoms with Crippen LogP contribution in [0.25, 0.3) is 5.69 Å². The average Bonchev–Trinajstić information content (AvgIpc) is 3.15. The van der Waals surface area contributed by atoms with Crippen molar-refractivity contribution in [2.24, 2.45) is 0 Å². The third kappa shape index (κ3) is 4.48. The molecule has 1 aromatic heterocycles. The van der Waals surface area contributed by atoms with Crippen molar-refractivity contribution in [2.45, 2.75) is 13.0 Å². The first-order valence-corrected chi connectivity index (χ1v) is 7.92. The molecule has 0 atom stereocenters. The Morgan fingerprint density at radius 2 is 1.92 bits per heavy atom. The summed E-state index contributed by atoms with van der Waals surface area (Å²) in [7, 11) is 0. The van der Waals surface area contributed by atoms with Crippen LogP contribution in [0.2, 0.25) is 0 Å². The molecule has 128 valence electrons. The van der Waals surface area contributed by atoms with Crippen LogP contribution in [-0.4, -0.2) is 27.2 Å². The van der Waals surface area contributed by atoms with E-state index in [1.54, 1.807) is 23.1 Å². The van der Waals surface area contributed by atoms with Crippen LogP contribution in [0.5, 0.6) is 0 Å². The molecule has 0 aliphatic carbocycles. The average molecular weight is 339 g/mol. The first-order chi connectivity index (χ1) is 12.2. The Morgan fingerprint density at radius 3 is 2.72 bits per heavy atom. The number of benzene rings is 2. The molecule has 3 aromatic rings. The fourth-order valence-electron chi connectivity index (χ4n) is 2.42. The standard InChI is InChI=1S/C18H18FN5O/c19-15-6-2-3-7-16(15)23-18(25)9-10-20-11-14-5-1-4-8-17(14)24-13-21-12-22-24/h1-8,12-13,20H,9-11H2,(H,23,25). The summed E-state index contributed by atoms with van der Waals surface area (Å²) < 4.78 is 15.2. The van der Waals surface area contributed by atoms with Gasteiger partial charge in [0.15, 0.2) is 0 Å². The number of para-hydroxylation sites is 2. The number of anilines is 1. The number of rotatable bonds is 7. The first-order valence-electron chi connectivity index (χ1n) is 7.92. The molecule has 1 amide bonds. The van der Waals surface area contributed by atoms with Crippen molar-refractivity contribution in [1.82, 2.24) is 20.1 Å². The predicted octanol–water partition coefficient (Wildman–Crippen LogP) is 2.52. The smallest absolute Gasteiger partial charge is 0.225 e. The van der Waals surface area contributed by atoms with E-state index in [-0.39, 0.29) is 18.0 Å². The topological polar surface area (TPSA) is 71.8 Å². The van der Waals surface area contributed by atoms with Gasteiger partial charge in [0.2, 0.25) is 5.91 Å². The largest absolute Gasteiger partial charge is 0.324 e. The third-order valence-electron chi connectivity index (χ3n) is 3.65. The zero-order chi connectivity index (χ0) is 17.5. The van der Waals surface area contributed by atoms with Crippen LogP contribution in [0.15, 0.2) is 61.2 Å². The Labute approximate surface area is 144 Å². The normalized spacial score (nSPS) is 10.6. The van der Waals surface area contributed by atoms with Gasteiger partial charge in [-0.3, -0.25) is 4.79 Å². The SMILES string of the molecule is O=C(CCNCc1ccccc1-n1cncn1)Nc1ccccc1F. The number of nitrogens with one attached hydrogen (secondary N) is 2. The second-order valence-electron chi connectivity index (χ2n) is 5.42. The lowest BCUT2D eigenvalue weighted by Gasteiger charge is -2.10. The van der Waals surface area contributed by atoms with Gasteiger partial charge in [-0.1, -0.05) is 30.3 Å². The molecule has 0 spiro atoms. The van der Waals surface area contributed by atoms with Crippen LogP contribution in [-0.2, 0) is 11.3 Å². The van der Waals surface area contributed by atoms with E-state index < -0.39 is 5.82 Å². The van der Waals surface area contributed by atoms with Crippen molar-refractivity contribution < 1.29 is 9.18 Å². The van der Waals surface area contributed by atoms with E-state index >= 15 is 0 Å². The Hall–Kier alpha value is -3.06. The van der Waals surface area contributed by atoms with E-state index in [0.717, 1.165) is 11.3 Å². The molecule has 0 bridgehead atoms. The van der Waals surface area contributed by atoms with Crippen molar-refractivity contribution in [1.29, 1.82) is 0 Å². The molecule has 2 N–H and O–H groups in total. The molecule has 0 saturated carbocycles. The van der Waals surface area contributed by atoms with Gasteiger partial charge in [-0.15, -0.1) is 0 Å². The Bertz CT molecular complexity index is 835. The molecular weight excluding hydrogens is 321 g/mol. The van der Waals surface area contributed by atoms with Crippen molar-refractivity contribution in [2.75, 3.05) is 11.9 Å². The molecular formula is C18H18FN5O. The van der Waals surface area contributed by atoms with E-state index in [2.05, 4.69) is 20.7 Å². The summed E-state index contributed by atoms with van der Waals surface area (Å²) in [6.45, 7) is 1.06. The summed E-state index contributed by atoms with van der Waals surface area (Å²) in [4.78, 5) is 15.8. The number of amides is 1. The maximum atomic E-state index is 13.5. The van der Waals surface area contributed by atoms with Crippen molar-refractivity contribution in [3.63, 3.8) is 0 Å². The van der Waals surface area contributed by atoms with Gasteiger partial charge in [-0.25, -0.2) is 14.1 Å². The molecule has 2 aromatic carbocycles. The summed E-state index contributed by atoms with van der Waals surface area (Å²) in [5, 5.41) is 9.92. The Balaban J connectivity index is 1.49. The number of aromatic nitrogens is 3. The minimum absolute atomic E-state index is 0.198. The van der Waals surface area contributed by atoms with E-state index in [0.29, 0.717) is 13.1 Å². The summed E-state index contributed by atoms with van der Waals surface area (Å²) in [5.41, 5.74) is 2.18. The highest BCUT2D eigenvalue weighted by molar-refractivity contribution is 5.90. The van der Waals surface area contributed by atoms with E-state index in [4.69, 9.17) is 0 Å². The lowest BCUT2D eigenvalue weighted by molar-refractivity contribution is -0.116. The van der Waals surface area contributed by atoms with Crippen LogP contribution in [0, 0.1) is 5.82 Å². The van der Waals surface area contributed by atoms with Crippen molar-refractivity contribution in [3.8, 4) is 5.69 Å². The van der Waals surface area contributed by atoms with Crippen LogP contribution < -0.4 is 10.6 Å². The lowest BCUT2D eigenvalue weighted by Crippen LogP contribution is -2.22. The molecule has 0 aliphatic rings. The molecule has 0 aliphatic heterocycles. The number of carbonyl (C=O) groups excluding carboxylic acids is 1. The highest BCUT2D eigenvalue weighted by Crippen LogP contribution is 2.13. The molecule has 7 heteroatoms. The fourth-order valence-corrected chi connectivity index (χ4v) is 2.42. The van der Waals surface area contributed by atoms with E-state index in [1.165, 1.54) is 18.5 Å². The first kappa shape index (κ1) is 16.8. The zero-order valence-corrected chi connectivity index (χ0v) is 13.5. The van der Waals surface area contributed by atoms with Gasteiger partial charge in [0, 0.05) is 19.5 Å². The highest BCUT2D eigenvalue weighted by Gasteiger charge is 2.07. The summed E-state index contributed by atoms with van der Waals surface area (Å²) in [6, 6.07) is 13.9. The van der Waals surface area contributed by atoms with Crippen molar-refractivity contribution >= 4 is 11.6 Å². The lowest BCUT2D eigenvalue weighted by atomic mass is 10.2. The fraction of sp³-hybridized carbons (Fsp3) is 0.167. The van der Waals surface area contributed by atoms with Gasteiger partial charge in [-0.05, 0) is 23.8 Å². The summed E-state index contributed by atoms with van der Waals surface area (Å²) in [6.07, 6.45) is 3.37. The van der Waals surface area contributed by atoms with E-state index in [1.807, 2.05) is 24.3 Å². The number of hydrogen-bond donors (Lipinski definition) is 2. The number of nitrogens with zero attached hydrogens (tertiary/aromatic N) is 3. The molecule has 0 radical (unpaired) electrons. The van der Waals surface area contributed by atoms with Crippen molar-refractivity contribution in [3.05, 3.63) is 72.6 Å². The van der Waals surface area contributed by atoms with Crippen LogP contribution in [0.4, 0.5) is 10.1 Å². The Kier molecular flexibility index (Phi) is 5.48. The Morgan fingerprint density at radius 1 is 1.12 bits per heavy atom. The monoisotopic (exact) mass is 339 g/mol. The second-order valence-corrected chi connectivity index (χ2v) is 5.42. The van der Waals surface area contributed by atoms with Gasteiger partial charge in [0.05, 0.1) is 11.4 Å². The summed E-state index contributed by atoms with van der Waals surface area (Å²) in [5.74, 6) is -0.673. The highest BCUT2D eigenvalue weighted by atomic mass is 19.1. The minimum atomic E-state index is -0.439. The number of hydrogen-bond acceptors (Lipinski definition) is 4. The van der Waals surface area contributed by atoms with Gasteiger partial charge >= 0.3 is 0 Å². The number of carbonyl (C=O) groups is 1. The van der Waals surface area contributed by atoms with Gasteiger partial charge < -0.3 is 10.6 Å². The maximum absolute atomic E-state index is 13.5. The molecule has 25 heavy (non-hydrogen) atoms. The quantitative estimate of drug-likeness (QED) is 0.649. The van der Waals surface area contributed by atoms with Crippen LogP contribution in [0.1, 0.15) is 12.0 Å². The predicted molar refractivity (Wildman–Crippen MR) is 92.7 cm³/mol. The van der Waals surface area contributed by atoms with Gasteiger partial charge in [0.1, 0.15) is 18.5 Å². The third-order valence-corrected chi connectivity index (χ3v) is 3.65. The second kappa shape index (κ2) is 8.16. The van der Waals surface area contributed by atoms with Crippen LogP contribution in [0.3, 0.4) is 0 Å². The molecule has 0 unspecified atom stereocenters. The zero-order valence-electron chi connectivity index (χ0n) is 13.5. The molecule has 6 nitrogen and oxygen atoms in total.